The van der Waals surface area contributed by atoms with Gasteiger partial charge in [0.2, 0.25) is 5.88 Å². The Labute approximate surface area is 73.7 Å². The Morgan fingerprint density at radius 3 is 2.73 bits per heavy atom. The summed E-state index contributed by atoms with van der Waals surface area (Å²) < 4.78 is 5.64. The summed E-state index contributed by atoms with van der Waals surface area (Å²) in [5.74, 6) is 0.528. The molecule has 0 spiro atoms. The van der Waals surface area contributed by atoms with Gasteiger partial charge < -0.3 is 10.5 Å². The van der Waals surface area contributed by atoms with Crippen LogP contribution in [0.3, 0.4) is 0 Å². The lowest BCUT2D eigenvalue weighted by atomic mass is 10.3. The van der Waals surface area contributed by atoms with Gasteiger partial charge in [-0.2, -0.15) is 0 Å². The lowest BCUT2D eigenvalue weighted by molar-refractivity contribution is 0.397. The van der Waals surface area contributed by atoms with Gasteiger partial charge in [-0.3, -0.25) is 0 Å². The van der Waals surface area contributed by atoms with Crippen molar-refractivity contribution >= 4 is 21.6 Å². The van der Waals surface area contributed by atoms with Crippen LogP contribution in [-0.2, 0) is 0 Å². The van der Waals surface area contributed by atoms with Crippen LogP contribution in [0.15, 0.2) is 10.7 Å². The van der Waals surface area contributed by atoms with Crippen LogP contribution in [-0.4, -0.2) is 12.1 Å². The Balaban J connectivity index is 3.21. The van der Waals surface area contributed by atoms with Gasteiger partial charge in [-0.1, -0.05) is 0 Å². The van der Waals surface area contributed by atoms with Gasteiger partial charge in [0.1, 0.15) is 4.60 Å². The lowest BCUT2D eigenvalue weighted by Crippen LogP contribution is -1.95. The normalized spacial score (nSPS) is 9.73. The minimum atomic E-state index is 0.528. The van der Waals surface area contributed by atoms with Gasteiger partial charge in [0.15, 0.2) is 0 Å². The Kier molecular flexibility index (Phi) is 2.34. The first-order chi connectivity index (χ1) is 5.15. The van der Waals surface area contributed by atoms with Crippen LogP contribution in [0.25, 0.3) is 0 Å². The molecule has 1 aromatic heterocycles. The molecule has 0 aliphatic rings. The number of pyridine rings is 1. The smallest absolute Gasteiger partial charge is 0.216 e. The van der Waals surface area contributed by atoms with E-state index >= 15 is 0 Å². The summed E-state index contributed by atoms with van der Waals surface area (Å²) in [7, 11) is 1.56. The monoisotopic (exact) mass is 216 g/mol. The number of rotatable bonds is 1. The molecule has 60 valence electrons. The fourth-order valence-electron chi connectivity index (χ4n) is 0.678. The summed E-state index contributed by atoms with van der Waals surface area (Å²) >= 11 is 3.27. The minimum Gasteiger partial charge on any atom is -0.481 e. The second-order valence-electron chi connectivity index (χ2n) is 2.17. The summed E-state index contributed by atoms with van der Waals surface area (Å²) in [6, 6.07) is 1.69. The number of nitrogen functional groups attached to an aromatic ring is 1. The maximum absolute atomic E-state index is 5.65. The molecule has 0 amide bonds. The molecule has 3 nitrogen and oxygen atoms in total. The van der Waals surface area contributed by atoms with E-state index in [1.807, 2.05) is 6.92 Å². The van der Waals surface area contributed by atoms with Crippen molar-refractivity contribution in [3.8, 4) is 5.88 Å². The molecule has 4 heteroatoms. The van der Waals surface area contributed by atoms with E-state index in [9.17, 15) is 0 Å². The van der Waals surface area contributed by atoms with Crippen molar-refractivity contribution in [2.24, 2.45) is 0 Å². The summed E-state index contributed by atoms with van der Waals surface area (Å²) in [4.78, 5) is 4.07. The second-order valence-corrected chi connectivity index (χ2v) is 2.92. The number of anilines is 1. The number of nitrogens with zero attached hydrogens (tertiary/aromatic N) is 1. The van der Waals surface area contributed by atoms with Crippen LogP contribution in [0.4, 0.5) is 5.69 Å². The molecule has 0 radical (unpaired) electrons. The average molecular weight is 217 g/mol. The van der Waals surface area contributed by atoms with Gasteiger partial charge in [-0.25, -0.2) is 4.98 Å². The van der Waals surface area contributed by atoms with Crippen molar-refractivity contribution < 1.29 is 4.74 Å². The molecule has 0 bridgehead atoms. The van der Waals surface area contributed by atoms with E-state index < -0.39 is 0 Å². The molecule has 1 aromatic rings. The molecule has 2 N–H and O–H groups in total. The first-order valence-corrected chi connectivity index (χ1v) is 3.91. The highest BCUT2D eigenvalue weighted by molar-refractivity contribution is 9.10. The number of hydrogen-bond donors (Lipinski definition) is 1. The molecule has 0 unspecified atom stereocenters. The van der Waals surface area contributed by atoms with Crippen molar-refractivity contribution in [3.05, 3.63) is 16.2 Å². The Hall–Kier alpha value is -0.770. The molecular formula is C7H9BrN2O. The third kappa shape index (κ3) is 1.63. The minimum absolute atomic E-state index is 0.528. The van der Waals surface area contributed by atoms with Gasteiger partial charge in [0, 0.05) is 17.3 Å². The van der Waals surface area contributed by atoms with E-state index in [2.05, 4.69) is 20.9 Å². The van der Waals surface area contributed by atoms with Crippen LogP contribution >= 0.6 is 15.9 Å². The van der Waals surface area contributed by atoms with Gasteiger partial charge >= 0.3 is 0 Å². The highest BCUT2D eigenvalue weighted by Gasteiger charge is 2.03. The summed E-state index contributed by atoms with van der Waals surface area (Å²) in [6.45, 7) is 1.89. The van der Waals surface area contributed by atoms with Gasteiger partial charge in [0.05, 0.1) is 7.11 Å². The molecule has 0 aliphatic carbocycles. The van der Waals surface area contributed by atoms with E-state index in [4.69, 9.17) is 10.5 Å². The SMILES string of the molecule is COc1cc(N)c(C)c(Br)n1. The topological polar surface area (TPSA) is 48.1 Å². The van der Waals surface area contributed by atoms with Crippen LogP contribution in [0.1, 0.15) is 5.56 Å². The van der Waals surface area contributed by atoms with E-state index in [0.717, 1.165) is 10.2 Å². The third-order valence-corrected chi connectivity index (χ3v) is 2.21. The standard InChI is InChI=1S/C7H9BrN2O/c1-4-5(9)3-6(11-2)10-7(4)8/h3H,1-2H3,(H2,9,10). The van der Waals surface area contributed by atoms with Gasteiger partial charge in [0.25, 0.3) is 0 Å². The zero-order chi connectivity index (χ0) is 8.43. The Bertz CT molecular complexity index is 252. The van der Waals surface area contributed by atoms with Crippen LogP contribution in [0.2, 0.25) is 0 Å². The quantitative estimate of drug-likeness (QED) is 0.729. The molecule has 0 atom stereocenters. The van der Waals surface area contributed by atoms with E-state index in [-0.39, 0.29) is 0 Å². The predicted octanol–water partition coefficient (Wildman–Crippen LogP) is 1.74. The van der Waals surface area contributed by atoms with E-state index in [1.54, 1.807) is 13.2 Å². The van der Waals surface area contributed by atoms with Crippen molar-refractivity contribution in [1.82, 2.24) is 4.98 Å². The number of halogens is 1. The Morgan fingerprint density at radius 2 is 2.27 bits per heavy atom. The van der Waals surface area contributed by atoms with Gasteiger partial charge in [-0.05, 0) is 22.9 Å². The zero-order valence-electron chi connectivity index (χ0n) is 6.39. The van der Waals surface area contributed by atoms with Crippen LogP contribution in [0, 0.1) is 6.92 Å². The molecule has 0 saturated carbocycles. The van der Waals surface area contributed by atoms with Crippen LogP contribution < -0.4 is 10.5 Å². The van der Waals surface area contributed by atoms with Gasteiger partial charge in [-0.15, -0.1) is 0 Å². The van der Waals surface area contributed by atoms with Crippen LogP contribution in [0.5, 0.6) is 5.88 Å². The maximum Gasteiger partial charge on any atom is 0.216 e. The molecule has 11 heavy (non-hydrogen) atoms. The Morgan fingerprint density at radius 1 is 1.64 bits per heavy atom. The van der Waals surface area contributed by atoms with E-state index in [0.29, 0.717) is 11.6 Å². The molecule has 1 heterocycles. The highest BCUT2D eigenvalue weighted by atomic mass is 79.9. The number of nitrogens with two attached hydrogens (primary N) is 1. The first-order valence-electron chi connectivity index (χ1n) is 3.11. The van der Waals surface area contributed by atoms with Crippen molar-refractivity contribution in [3.63, 3.8) is 0 Å². The molecule has 0 fully saturated rings. The first kappa shape index (κ1) is 8.33. The number of aromatic nitrogens is 1. The lowest BCUT2D eigenvalue weighted by Gasteiger charge is -2.04. The van der Waals surface area contributed by atoms with E-state index in [1.165, 1.54) is 0 Å². The molecule has 1 rings (SSSR count). The number of methoxy groups -OCH3 is 1. The summed E-state index contributed by atoms with van der Waals surface area (Å²) in [6.07, 6.45) is 0. The molecule has 0 aliphatic heterocycles. The molecule has 0 saturated heterocycles. The molecule has 0 aromatic carbocycles. The fourth-order valence-corrected chi connectivity index (χ4v) is 1.08. The summed E-state index contributed by atoms with van der Waals surface area (Å²) in [5, 5.41) is 0. The van der Waals surface area contributed by atoms with Crippen molar-refractivity contribution in [2.45, 2.75) is 6.92 Å². The largest absolute Gasteiger partial charge is 0.481 e. The second kappa shape index (κ2) is 3.09. The number of ether oxygens (including phenoxy) is 1. The highest BCUT2D eigenvalue weighted by Crippen LogP contribution is 2.23. The predicted molar refractivity (Wildman–Crippen MR) is 47.6 cm³/mol. The summed E-state index contributed by atoms with van der Waals surface area (Å²) in [5.41, 5.74) is 7.27. The van der Waals surface area contributed by atoms with Crippen molar-refractivity contribution in [2.75, 3.05) is 12.8 Å². The fraction of sp³-hybridized carbons (Fsp3) is 0.286. The molecular weight excluding hydrogens is 208 g/mol. The number of hydrogen-bond acceptors (Lipinski definition) is 3. The zero-order valence-corrected chi connectivity index (χ0v) is 7.97. The van der Waals surface area contributed by atoms with Crippen molar-refractivity contribution in [1.29, 1.82) is 0 Å². The third-order valence-electron chi connectivity index (χ3n) is 1.44. The average Bonchev–Trinajstić information content (AvgIpc) is 1.99. The maximum atomic E-state index is 5.65.